The Labute approximate surface area is 122 Å². The van der Waals surface area contributed by atoms with Gasteiger partial charge in [-0.25, -0.2) is 4.63 Å². The van der Waals surface area contributed by atoms with Crippen molar-refractivity contribution in [3.05, 3.63) is 22.6 Å². The number of carbonyl (C=O) groups is 1. The Morgan fingerprint density at radius 2 is 2.14 bits per heavy atom. The zero-order valence-corrected chi connectivity index (χ0v) is 11.6. The van der Waals surface area contributed by atoms with Gasteiger partial charge in [0.1, 0.15) is 12.2 Å². The highest BCUT2D eigenvalue weighted by atomic mass is 19.4. The Bertz CT molecular complexity index is 719. The van der Waals surface area contributed by atoms with Crippen molar-refractivity contribution in [2.45, 2.75) is 38.9 Å². The minimum Gasteiger partial charge on any atom is -0.305 e. The second-order valence-electron chi connectivity index (χ2n) is 5.03. The van der Waals surface area contributed by atoms with Crippen LogP contribution in [0.3, 0.4) is 0 Å². The highest BCUT2D eigenvalue weighted by molar-refractivity contribution is 5.89. The van der Waals surface area contributed by atoms with E-state index in [-0.39, 0.29) is 17.9 Å². The number of nitrogens with one attached hydrogen (secondary N) is 1. The van der Waals surface area contributed by atoms with Crippen LogP contribution in [-0.4, -0.2) is 26.0 Å². The van der Waals surface area contributed by atoms with E-state index in [1.807, 2.05) is 0 Å². The molecule has 1 aliphatic rings. The topological polar surface area (TPSA) is 85.8 Å². The van der Waals surface area contributed by atoms with Crippen molar-refractivity contribution in [1.29, 1.82) is 0 Å². The van der Waals surface area contributed by atoms with Gasteiger partial charge in [0.15, 0.2) is 11.5 Å². The lowest BCUT2D eigenvalue weighted by Crippen LogP contribution is -2.21. The lowest BCUT2D eigenvalue weighted by atomic mass is 10.2. The first-order valence-electron chi connectivity index (χ1n) is 6.61. The van der Waals surface area contributed by atoms with Crippen LogP contribution in [0.5, 0.6) is 0 Å². The van der Waals surface area contributed by atoms with Crippen LogP contribution in [0.1, 0.15) is 29.1 Å². The number of nitrogens with zero attached hydrogens (tertiary/aromatic N) is 4. The molecule has 0 aliphatic heterocycles. The normalized spacial score (nSPS) is 14.2. The smallest absolute Gasteiger partial charge is 0.305 e. The SMILES string of the molecule is Cc1nonc1NC(=O)Cn1nc(C(F)(F)F)c2c1CCC2. The zero-order valence-electron chi connectivity index (χ0n) is 11.6. The number of aromatic nitrogens is 4. The third-order valence-electron chi connectivity index (χ3n) is 3.48. The maximum Gasteiger partial charge on any atom is 0.435 e. The van der Waals surface area contributed by atoms with Crippen LogP contribution in [-0.2, 0) is 30.4 Å². The zero-order chi connectivity index (χ0) is 15.9. The molecule has 2 heterocycles. The van der Waals surface area contributed by atoms with Crippen LogP contribution in [0, 0.1) is 6.92 Å². The fourth-order valence-electron chi connectivity index (χ4n) is 2.52. The molecule has 22 heavy (non-hydrogen) atoms. The Hall–Kier alpha value is -2.39. The second-order valence-corrected chi connectivity index (χ2v) is 5.03. The largest absolute Gasteiger partial charge is 0.435 e. The maximum absolute atomic E-state index is 12.9. The van der Waals surface area contributed by atoms with Gasteiger partial charge in [-0.1, -0.05) is 5.16 Å². The number of hydrogen-bond donors (Lipinski definition) is 1. The van der Waals surface area contributed by atoms with E-state index in [4.69, 9.17) is 0 Å². The lowest BCUT2D eigenvalue weighted by molar-refractivity contribution is -0.142. The Morgan fingerprint density at radius 1 is 1.36 bits per heavy atom. The summed E-state index contributed by atoms with van der Waals surface area (Å²) >= 11 is 0. The second kappa shape index (κ2) is 5.11. The van der Waals surface area contributed by atoms with Crippen molar-refractivity contribution in [2.24, 2.45) is 0 Å². The number of halogens is 3. The van der Waals surface area contributed by atoms with Crippen LogP contribution in [0.15, 0.2) is 4.63 Å². The average Bonchev–Trinajstić information content (AvgIpc) is 3.08. The van der Waals surface area contributed by atoms with Crippen LogP contribution in [0.25, 0.3) is 0 Å². The molecule has 10 heteroatoms. The molecule has 3 rings (SSSR count). The summed E-state index contributed by atoms with van der Waals surface area (Å²) in [6.45, 7) is 1.27. The van der Waals surface area contributed by atoms with Crippen molar-refractivity contribution in [3.8, 4) is 0 Å². The van der Waals surface area contributed by atoms with Gasteiger partial charge in [0.25, 0.3) is 0 Å². The number of anilines is 1. The van der Waals surface area contributed by atoms with Gasteiger partial charge in [-0.15, -0.1) is 0 Å². The summed E-state index contributed by atoms with van der Waals surface area (Å²) in [5.74, 6) is -0.394. The van der Waals surface area contributed by atoms with Gasteiger partial charge >= 0.3 is 6.18 Å². The first-order chi connectivity index (χ1) is 10.4. The lowest BCUT2D eigenvalue weighted by Gasteiger charge is -2.06. The first kappa shape index (κ1) is 14.5. The van der Waals surface area contributed by atoms with E-state index in [0.717, 1.165) is 4.68 Å². The Morgan fingerprint density at radius 3 is 2.77 bits per heavy atom. The molecule has 0 saturated heterocycles. The predicted octanol–water partition coefficient (Wildman–Crippen LogP) is 1.72. The van der Waals surface area contributed by atoms with Crippen LogP contribution in [0.2, 0.25) is 0 Å². The third kappa shape index (κ3) is 2.55. The fourth-order valence-corrected chi connectivity index (χ4v) is 2.52. The van der Waals surface area contributed by atoms with Gasteiger partial charge in [0.05, 0.1) is 0 Å². The standard InChI is InChI=1S/C12H12F3N5O2/c1-6-11(19-22-18-6)16-9(21)5-20-8-4-2-3-7(8)10(17-20)12(13,14)15/h2-5H2,1H3,(H,16,19,21). The van der Waals surface area contributed by atoms with E-state index < -0.39 is 17.8 Å². The molecule has 7 nitrogen and oxygen atoms in total. The quantitative estimate of drug-likeness (QED) is 0.932. The molecule has 1 N–H and O–H groups in total. The number of carbonyl (C=O) groups excluding carboxylic acids is 1. The van der Waals surface area contributed by atoms with Crippen molar-refractivity contribution in [1.82, 2.24) is 20.1 Å². The summed E-state index contributed by atoms with van der Waals surface area (Å²) < 4.78 is 44.4. The van der Waals surface area contributed by atoms with E-state index >= 15 is 0 Å². The molecule has 0 fully saturated rings. The van der Waals surface area contributed by atoms with Gasteiger partial charge in [-0.3, -0.25) is 9.48 Å². The highest BCUT2D eigenvalue weighted by Crippen LogP contribution is 2.36. The van der Waals surface area contributed by atoms with E-state index in [1.54, 1.807) is 6.92 Å². The summed E-state index contributed by atoms with van der Waals surface area (Å²) in [5.41, 5.74) is 0.152. The average molecular weight is 315 g/mol. The van der Waals surface area contributed by atoms with Crippen molar-refractivity contribution < 1.29 is 22.6 Å². The molecule has 2 aromatic rings. The molecular weight excluding hydrogens is 303 g/mol. The van der Waals surface area contributed by atoms with E-state index in [2.05, 4.69) is 25.4 Å². The van der Waals surface area contributed by atoms with Crippen molar-refractivity contribution >= 4 is 11.7 Å². The van der Waals surface area contributed by atoms with Gasteiger partial charge in [0.2, 0.25) is 5.91 Å². The number of fused-ring (bicyclic) bond motifs is 1. The van der Waals surface area contributed by atoms with Gasteiger partial charge in [-0.2, -0.15) is 18.3 Å². The maximum atomic E-state index is 12.9. The molecule has 0 saturated carbocycles. The number of rotatable bonds is 3. The summed E-state index contributed by atoms with van der Waals surface area (Å²) in [6.07, 6.45) is -3.07. The molecular formula is C12H12F3N5O2. The first-order valence-corrected chi connectivity index (χ1v) is 6.61. The summed E-state index contributed by atoms with van der Waals surface area (Å²) in [5, 5.41) is 13.0. The minimum atomic E-state index is -4.51. The molecule has 1 aliphatic carbocycles. The van der Waals surface area contributed by atoms with Gasteiger partial charge < -0.3 is 5.32 Å². The van der Waals surface area contributed by atoms with Crippen LogP contribution >= 0.6 is 0 Å². The van der Waals surface area contributed by atoms with Crippen LogP contribution in [0.4, 0.5) is 19.0 Å². The molecule has 0 unspecified atom stereocenters. The van der Waals surface area contributed by atoms with Gasteiger partial charge in [-0.05, 0) is 31.3 Å². The third-order valence-corrected chi connectivity index (χ3v) is 3.48. The van der Waals surface area contributed by atoms with Gasteiger partial charge in [0, 0.05) is 11.3 Å². The molecule has 0 radical (unpaired) electrons. The monoisotopic (exact) mass is 315 g/mol. The Balaban J connectivity index is 1.81. The van der Waals surface area contributed by atoms with E-state index in [0.29, 0.717) is 30.7 Å². The van der Waals surface area contributed by atoms with E-state index in [1.165, 1.54) is 0 Å². The minimum absolute atomic E-state index is 0.143. The summed E-state index contributed by atoms with van der Waals surface area (Å²) in [4.78, 5) is 11.9. The molecule has 0 atom stereocenters. The summed E-state index contributed by atoms with van der Waals surface area (Å²) in [7, 11) is 0. The molecule has 118 valence electrons. The number of hydrogen-bond acceptors (Lipinski definition) is 5. The van der Waals surface area contributed by atoms with Crippen LogP contribution < -0.4 is 5.32 Å². The molecule has 0 spiro atoms. The van der Waals surface area contributed by atoms with E-state index in [9.17, 15) is 18.0 Å². The fraction of sp³-hybridized carbons (Fsp3) is 0.500. The Kier molecular flexibility index (Phi) is 3.38. The predicted molar refractivity (Wildman–Crippen MR) is 66.9 cm³/mol. The van der Waals surface area contributed by atoms with Crippen molar-refractivity contribution in [2.75, 3.05) is 5.32 Å². The number of alkyl halides is 3. The highest BCUT2D eigenvalue weighted by Gasteiger charge is 2.40. The molecule has 2 aromatic heterocycles. The number of aryl methyl sites for hydroxylation is 1. The van der Waals surface area contributed by atoms with Crippen molar-refractivity contribution in [3.63, 3.8) is 0 Å². The molecule has 1 amide bonds. The molecule has 0 aromatic carbocycles. The molecule has 0 bridgehead atoms. The summed E-state index contributed by atoms with van der Waals surface area (Å²) in [6, 6.07) is 0. The number of amides is 1.